The Kier molecular flexibility index (Phi) is 3.50. The van der Waals surface area contributed by atoms with Crippen molar-refractivity contribution in [3.63, 3.8) is 0 Å². The van der Waals surface area contributed by atoms with Crippen LogP contribution in [0.15, 0.2) is 24.3 Å². The van der Waals surface area contributed by atoms with E-state index in [0.717, 1.165) is 30.6 Å². The summed E-state index contributed by atoms with van der Waals surface area (Å²) >= 11 is 0. The van der Waals surface area contributed by atoms with Gasteiger partial charge in [-0.3, -0.25) is 0 Å². The lowest BCUT2D eigenvalue weighted by molar-refractivity contribution is -0.0631. The predicted octanol–water partition coefficient (Wildman–Crippen LogP) is 3.00. The first kappa shape index (κ1) is 12.9. The molecule has 0 aromatic heterocycles. The summed E-state index contributed by atoms with van der Waals surface area (Å²) in [5, 5.41) is 10.8. The van der Waals surface area contributed by atoms with Crippen LogP contribution in [0.5, 0.6) is 5.75 Å². The Morgan fingerprint density at radius 3 is 2.47 bits per heavy atom. The number of benzene rings is 1. The Hall–Kier alpha value is -1.06. The first-order valence-corrected chi connectivity index (χ1v) is 7.22. The number of rotatable bonds is 4. The molecule has 1 aromatic rings. The van der Waals surface area contributed by atoms with Gasteiger partial charge in [0.1, 0.15) is 5.75 Å². The van der Waals surface area contributed by atoms with Crippen molar-refractivity contribution >= 4 is 0 Å². The van der Waals surface area contributed by atoms with Crippen molar-refractivity contribution in [2.24, 2.45) is 0 Å². The molecule has 0 amide bonds. The number of aliphatic hydroxyl groups is 1. The van der Waals surface area contributed by atoms with Gasteiger partial charge >= 0.3 is 0 Å². The first-order chi connectivity index (χ1) is 9.19. The van der Waals surface area contributed by atoms with E-state index >= 15 is 0 Å². The Bertz CT molecular complexity index is 424. The summed E-state index contributed by atoms with van der Waals surface area (Å²) in [5.41, 5.74) is 0.245. The van der Waals surface area contributed by atoms with Crippen LogP contribution >= 0.6 is 0 Å². The fourth-order valence-electron chi connectivity index (χ4n) is 2.89. The zero-order chi connectivity index (χ0) is 13.3. The maximum Gasteiger partial charge on any atom is 0.119 e. The number of methoxy groups -OCH3 is 1. The van der Waals surface area contributed by atoms with E-state index in [9.17, 15) is 5.11 Å². The minimum atomic E-state index is -0.739. The van der Waals surface area contributed by atoms with Crippen molar-refractivity contribution in [1.82, 2.24) is 0 Å². The van der Waals surface area contributed by atoms with E-state index in [0.29, 0.717) is 12.5 Å². The fraction of sp³-hybridized carbons (Fsp3) is 0.625. The molecule has 2 fully saturated rings. The van der Waals surface area contributed by atoms with Gasteiger partial charge < -0.3 is 14.6 Å². The number of hydrogen-bond acceptors (Lipinski definition) is 3. The Morgan fingerprint density at radius 1 is 1.11 bits per heavy atom. The van der Waals surface area contributed by atoms with Gasteiger partial charge in [-0.1, -0.05) is 12.1 Å². The van der Waals surface area contributed by atoms with Gasteiger partial charge in [0.2, 0.25) is 0 Å². The van der Waals surface area contributed by atoms with E-state index in [4.69, 9.17) is 9.47 Å². The lowest BCUT2D eigenvalue weighted by atomic mass is 9.78. The lowest BCUT2D eigenvalue weighted by Gasteiger charge is -2.36. The highest BCUT2D eigenvalue weighted by Gasteiger charge is 2.36. The van der Waals surface area contributed by atoms with Gasteiger partial charge in [0.15, 0.2) is 0 Å². The largest absolute Gasteiger partial charge is 0.490 e. The molecule has 0 radical (unpaired) electrons. The van der Waals surface area contributed by atoms with E-state index in [2.05, 4.69) is 0 Å². The van der Waals surface area contributed by atoms with Crippen LogP contribution in [0.2, 0.25) is 0 Å². The lowest BCUT2D eigenvalue weighted by Crippen LogP contribution is -2.35. The summed E-state index contributed by atoms with van der Waals surface area (Å²) in [7, 11) is 1.73. The zero-order valence-electron chi connectivity index (χ0n) is 11.5. The molecular weight excluding hydrogens is 240 g/mol. The highest BCUT2D eigenvalue weighted by Crippen LogP contribution is 2.38. The van der Waals surface area contributed by atoms with Crippen molar-refractivity contribution in [1.29, 1.82) is 0 Å². The van der Waals surface area contributed by atoms with Gasteiger partial charge in [0.25, 0.3) is 0 Å². The molecule has 2 saturated carbocycles. The highest BCUT2D eigenvalue weighted by molar-refractivity contribution is 5.31. The van der Waals surface area contributed by atoms with Gasteiger partial charge in [-0.05, 0) is 49.8 Å². The molecule has 2 unspecified atom stereocenters. The molecule has 3 nitrogen and oxygen atoms in total. The van der Waals surface area contributed by atoms with Crippen molar-refractivity contribution in [3.05, 3.63) is 29.8 Å². The van der Waals surface area contributed by atoms with Gasteiger partial charge in [-0.2, -0.15) is 0 Å². The van der Waals surface area contributed by atoms with Crippen molar-refractivity contribution in [2.45, 2.75) is 56.3 Å². The molecule has 0 saturated heterocycles. The molecule has 1 aromatic carbocycles. The minimum absolute atomic E-state index is 0.168. The molecule has 0 heterocycles. The molecule has 0 bridgehead atoms. The first-order valence-electron chi connectivity index (χ1n) is 7.22. The monoisotopic (exact) mass is 262 g/mol. The molecule has 19 heavy (non-hydrogen) atoms. The molecule has 2 aliphatic rings. The third-order valence-corrected chi connectivity index (χ3v) is 4.23. The summed E-state index contributed by atoms with van der Waals surface area (Å²) in [6.07, 6.45) is 6.48. The maximum atomic E-state index is 10.8. The molecule has 2 aliphatic carbocycles. The highest BCUT2D eigenvalue weighted by atomic mass is 16.5. The van der Waals surface area contributed by atoms with Crippen LogP contribution < -0.4 is 4.74 Å². The third-order valence-electron chi connectivity index (χ3n) is 4.23. The van der Waals surface area contributed by atoms with Crippen molar-refractivity contribution in [3.8, 4) is 5.75 Å². The average Bonchev–Trinajstić information content (AvgIpc) is 3.23. The van der Waals surface area contributed by atoms with Crippen molar-refractivity contribution < 1.29 is 14.6 Å². The molecule has 3 rings (SSSR count). The number of ether oxygens (including phenoxy) is 2. The second-order valence-corrected chi connectivity index (χ2v) is 5.83. The third kappa shape index (κ3) is 2.93. The van der Waals surface area contributed by atoms with E-state index in [1.54, 1.807) is 7.11 Å². The summed E-state index contributed by atoms with van der Waals surface area (Å²) in [4.78, 5) is 0. The average molecular weight is 262 g/mol. The van der Waals surface area contributed by atoms with Crippen LogP contribution in [0.3, 0.4) is 0 Å². The van der Waals surface area contributed by atoms with Crippen molar-refractivity contribution in [2.75, 3.05) is 7.11 Å². The molecule has 3 heteroatoms. The predicted molar refractivity (Wildman–Crippen MR) is 73.3 cm³/mol. The van der Waals surface area contributed by atoms with Gasteiger partial charge in [0, 0.05) is 13.5 Å². The van der Waals surface area contributed by atoms with Gasteiger partial charge in [-0.15, -0.1) is 0 Å². The van der Waals surface area contributed by atoms with Crippen LogP contribution in [-0.4, -0.2) is 24.4 Å². The van der Waals surface area contributed by atoms with Crippen LogP contribution in [0, 0.1) is 0 Å². The summed E-state index contributed by atoms with van der Waals surface area (Å²) in [5.74, 6) is 0.911. The van der Waals surface area contributed by atoms with Crippen LogP contribution in [0.1, 0.15) is 44.1 Å². The molecule has 2 atom stereocenters. The normalized spacial score (nSPS) is 31.2. The van der Waals surface area contributed by atoms with Crippen LogP contribution in [0.4, 0.5) is 0 Å². The van der Waals surface area contributed by atoms with E-state index in [1.807, 2.05) is 24.3 Å². The van der Waals surface area contributed by atoms with Gasteiger partial charge in [-0.25, -0.2) is 0 Å². The SMILES string of the molecule is COC1CCCC(O)(c2ccc(OC3CC3)cc2)C1. The maximum absolute atomic E-state index is 10.8. The zero-order valence-corrected chi connectivity index (χ0v) is 11.5. The minimum Gasteiger partial charge on any atom is -0.490 e. The Morgan fingerprint density at radius 2 is 1.84 bits per heavy atom. The van der Waals surface area contributed by atoms with Crippen LogP contribution in [-0.2, 0) is 10.3 Å². The molecule has 0 spiro atoms. The second-order valence-electron chi connectivity index (χ2n) is 5.83. The topological polar surface area (TPSA) is 38.7 Å². The fourth-order valence-corrected chi connectivity index (χ4v) is 2.89. The smallest absolute Gasteiger partial charge is 0.119 e. The summed E-state index contributed by atoms with van der Waals surface area (Å²) < 4.78 is 11.1. The standard InChI is InChI=1S/C16H22O3/c1-18-15-3-2-10-16(17,11-15)12-4-6-13(7-5-12)19-14-8-9-14/h4-7,14-15,17H,2-3,8-11H2,1H3. The van der Waals surface area contributed by atoms with E-state index < -0.39 is 5.60 Å². The van der Waals surface area contributed by atoms with E-state index in [1.165, 1.54) is 12.8 Å². The summed E-state index contributed by atoms with van der Waals surface area (Å²) in [6, 6.07) is 7.94. The quantitative estimate of drug-likeness (QED) is 0.906. The van der Waals surface area contributed by atoms with Crippen LogP contribution in [0.25, 0.3) is 0 Å². The summed E-state index contributed by atoms with van der Waals surface area (Å²) in [6.45, 7) is 0. The molecule has 1 N–H and O–H groups in total. The Labute approximate surface area is 114 Å². The van der Waals surface area contributed by atoms with E-state index in [-0.39, 0.29) is 6.10 Å². The molecular formula is C16H22O3. The molecule has 0 aliphatic heterocycles. The molecule has 104 valence electrons. The number of hydrogen-bond donors (Lipinski definition) is 1. The van der Waals surface area contributed by atoms with Gasteiger partial charge in [0.05, 0.1) is 17.8 Å². The second kappa shape index (κ2) is 5.14. The Balaban J connectivity index is 1.72.